The van der Waals surface area contributed by atoms with Gasteiger partial charge in [0.05, 0.1) is 6.54 Å². The van der Waals surface area contributed by atoms with E-state index in [0.29, 0.717) is 6.54 Å². The van der Waals surface area contributed by atoms with Crippen molar-refractivity contribution in [3.8, 4) is 0 Å². The highest BCUT2D eigenvalue weighted by molar-refractivity contribution is 5.79. The van der Waals surface area contributed by atoms with Crippen LogP contribution in [0, 0.1) is 5.92 Å². The van der Waals surface area contributed by atoms with Gasteiger partial charge in [0, 0.05) is 33.1 Å². The van der Waals surface area contributed by atoms with Crippen LogP contribution in [-0.2, 0) is 19.5 Å². The van der Waals surface area contributed by atoms with E-state index in [2.05, 4.69) is 36.9 Å². The SMILES string of the molecule is CN=C(NCc1nnc2n1CCC2)N1CCC(C)CC1. The summed E-state index contributed by atoms with van der Waals surface area (Å²) >= 11 is 0. The molecule has 0 aromatic carbocycles. The number of hydrogen-bond acceptors (Lipinski definition) is 3. The van der Waals surface area contributed by atoms with Crippen LogP contribution < -0.4 is 5.32 Å². The average molecular weight is 276 g/mol. The molecule has 20 heavy (non-hydrogen) atoms. The van der Waals surface area contributed by atoms with E-state index in [9.17, 15) is 0 Å². The van der Waals surface area contributed by atoms with Gasteiger partial charge in [0.2, 0.25) is 0 Å². The smallest absolute Gasteiger partial charge is 0.194 e. The first-order chi connectivity index (χ1) is 9.78. The van der Waals surface area contributed by atoms with Gasteiger partial charge in [0.25, 0.3) is 0 Å². The molecule has 0 unspecified atom stereocenters. The van der Waals surface area contributed by atoms with Crippen LogP contribution in [0.2, 0.25) is 0 Å². The van der Waals surface area contributed by atoms with Crippen molar-refractivity contribution >= 4 is 5.96 Å². The number of rotatable bonds is 2. The summed E-state index contributed by atoms with van der Waals surface area (Å²) in [5.41, 5.74) is 0. The number of fused-ring (bicyclic) bond motifs is 1. The zero-order valence-corrected chi connectivity index (χ0v) is 12.5. The zero-order valence-electron chi connectivity index (χ0n) is 12.5. The Bertz CT molecular complexity index is 484. The Morgan fingerprint density at radius 1 is 1.30 bits per heavy atom. The fourth-order valence-corrected chi connectivity index (χ4v) is 3.05. The van der Waals surface area contributed by atoms with Gasteiger partial charge >= 0.3 is 0 Å². The third-order valence-electron chi connectivity index (χ3n) is 4.39. The van der Waals surface area contributed by atoms with E-state index in [1.54, 1.807) is 0 Å². The molecule has 0 saturated carbocycles. The Morgan fingerprint density at radius 3 is 2.85 bits per heavy atom. The average Bonchev–Trinajstić information content (AvgIpc) is 3.05. The Kier molecular flexibility index (Phi) is 3.89. The van der Waals surface area contributed by atoms with E-state index in [4.69, 9.17) is 0 Å². The number of aryl methyl sites for hydroxylation is 1. The lowest BCUT2D eigenvalue weighted by atomic mass is 10.00. The number of aromatic nitrogens is 3. The summed E-state index contributed by atoms with van der Waals surface area (Å²) in [7, 11) is 1.86. The molecule has 0 amide bonds. The third-order valence-corrected chi connectivity index (χ3v) is 4.39. The van der Waals surface area contributed by atoms with E-state index in [1.165, 1.54) is 19.3 Å². The molecule has 2 aliphatic rings. The molecule has 6 nitrogen and oxygen atoms in total. The van der Waals surface area contributed by atoms with Gasteiger partial charge in [-0.05, 0) is 25.2 Å². The molecule has 3 rings (SSSR count). The molecule has 1 fully saturated rings. The molecule has 0 bridgehead atoms. The zero-order chi connectivity index (χ0) is 13.9. The first-order valence-electron chi connectivity index (χ1n) is 7.64. The highest BCUT2D eigenvalue weighted by Crippen LogP contribution is 2.16. The molecule has 6 heteroatoms. The highest BCUT2D eigenvalue weighted by atomic mass is 15.3. The van der Waals surface area contributed by atoms with Crippen LogP contribution in [0.25, 0.3) is 0 Å². The second-order valence-electron chi connectivity index (χ2n) is 5.86. The lowest BCUT2D eigenvalue weighted by Gasteiger charge is -2.32. The van der Waals surface area contributed by atoms with Crippen LogP contribution in [0.3, 0.4) is 0 Å². The minimum absolute atomic E-state index is 0.714. The summed E-state index contributed by atoms with van der Waals surface area (Å²) in [6.45, 7) is 6.29. The lowest BCUT2D eigenvalue weighted by Crippen LogP contribution is -2.45. The lowest BCUT2D eigenvalue weighted by molar-refractivity contribution is 0.273. The minimum atomic E-state index is 0.714. The third kappa shape index (κ3) is 2.64. The number of aliphatic imine (C=N–C) groups is 1. The summed E-state index contributed by atoms with van der Waals surface area (Å²) in [6, 6.07) is 0. The number of hydrogen-bond donors (Lipinski definition) is 1. The molecule has 1 N–H and O–H groups in total. The molecular formula is C14H24N6. The summed E-state index contributed by atoms with van der Waals surface area (Å²) in [4.78, 5) is 6.75. The maximum Gasteiger partial charge on any atom is 0.194 e. The van der Waals surface area contributed by atoms with E-state index < -0.39 is 0 Å². The Labute approximate surface area is 120 Å². The summed E-state index contributed by atoms with van der Waals surface area (Å²) in [5.74, 6) is 3.99. The molecule has 1 aromatic heterocycles. The molecule has 1 saturated heterocycles. The maximum absolute atomic E-state index is 4.40. The van der Waals surface area contributed by atoms with Crippen LogP contribution >= 0.6 is 0 Å². The predicted octanol–water partition coefficient (Wildman–Crippen LogP) is 1.03. The van der Waals surface area contributed by atoms with Crippen molar-refractivity contribution in [1.82, 2.24) is 25.0 Å². The number of guanidine groups is 1. The van der Waals surface area contributed by atoms with Crippen molar-refractivity contribution in [3.05, 3.63) is 11.6 Å². The monoisotopic (exact) mass is 276 g/mol. The Hall–Kier alpha value is -1.59. The van der Waals surface area contributed by atoms with Crippen LogP contribution in [0.4, 0.5) is 0 Å². The largest absolute Gasteiger partial charge is 0.349 e. The van der Waals surface area contributed by atoms with Crippen LogP contribution in [0.5, 0.6) is 0 Å². The van der Waals surface area contributed by atoms with E-state index in [1.807, 2.05) is 7.05 Å². The van der Waals surface area contributed by atoms with Gasteiger partial charge in [0.15, 0.2) is 11.8 Å². The number of nitrogens with zero attached hydrogens (tertiary/aromatic N) is 5. The topological polar surface area (TPSA) is 58.3 Å². The van der Waals surface area contributed by atoms with Gasteiger partial charge in [0.1, 0.15) is 5.82 Å². The minimum Gasteiger partial charge on any atom is -0.349 e. The maximum atomic E-state index is 4.40. The van der Waals surface area contributed by atoms with Crippen molar-refractivity contribution < 1.29 is 0 Å². The number of piperidine rings is 1. The molecule has 0 radical (unpaired) electrons. The van der Waals surface area contributed by atoms with Gasteiger partial charge < -0.3 is 14.8 Å². The van der Waals surface area contributed by atoms with E-state index in [-0.39, 0.29) is 0 Å². The molecule has 1 aromatic rings. The molecule has 3 heterocycles. The van der Waals surface area contributed by atoms with Crippen molar-refractivity contribution in [2.45, 2.75) is 45.7 Å². The molecule has 2 aliphatic heterocycles. The Balaban J connectivity index is 1.58. The first-order valence-corrected chi connectivity index (χ1v) is 7.64. The normalized spacial score (nSPS) is 20.3. The summed E-state index contributed by atoms with van der Waals surface area (Å²) in [6.07, 6.45) is 4.75. The number of nitrogens with one attached hydrogen (secondary N) is 1. The van der Waals surface area contributed by atoms with Crippen molar-refractivity contribution in [2.24, 2.45) is 10.9 Å². The van der Waals surface area contributed by atoms with Gasteiger partial charge in [-0.1, -0.05) is 6.92 Å². The Morgan fingerprint density at radius 2 is 2.10 bits per heavy atom. The van der Waals surface area contributed by atoms with Crippen molar-refractivity contribution in [1.29, 1.82) is 0 Å². The predicted molar refractivity (Wildman–Crippen MR) is 78.5 cm³/mol. The van der Waals surface area contributed by atoms with Gasteiger partial charge in [-0.3, -0.25) is 4.99 Å². The fourth-order valence-electron chi connectivity index (χ4n) is 3.05. The molecule has 0 spiro atoms. The molecular weight excluding hydrogens is 252 g/mol. The van der Waals surface area contributed by atoms with Gasteiger partial charge in [-0.15, -0.1) is 10.2 Å². The summed E-state index contributed by atoms with van der Waals surface area (Å²) < 4.78 is 2.23. The van der Waals surface area contributed by atoms with Crippen molar-refractivity contribution in [3.63, 3.8) is 0 Å². The summed E-state index contributed by atoms with van der Waals surface area (Å²) in [5, 5.41) is 12.0. The van der Waals surface area contributed by atoms with Crippen LogP contribution in [-0.4, -0.2) is 45.8 Å². The van der Waals surface area contributed by atoms with Gasteiger partial charge in [-0.25, -0.2) is 0 Å². The first kappa shape index (κ1) is 13.4. The van der Waals surface area contributed by atoms with Crippen molar-refractivity contribution in [2.75, 3.05) is 20.1 Å². The molecule has 0 aliphatic carbocycles. The second kappa shape index (κ2) is 5.81. The van der Waals surface area contributed by atoms with E-state index >= 15 is 0 Å². The molecule has 0 atom stereocenters. The quantitative estimate of drug-likeness (QED) is 0.647. The number of likely N-dealkylation sites (tertiary alicyclic amines) is 1. The standard InChI is InChI=1S/C14H24N6/c1-11-5-8-19(9-6-11)14(15-2)16-10-13-18-17-12-4-3-7-20(12)13/h11H,3-10H2,1-2H3,(H,15,16). The van der Waals surface area contributed by atoms with Crippen LogP contribution in [0.1, 0.15) is 37.8 Å². The van der Waals surface area contributed by atoms with Crippen LogP contribution in [0.15, 0.2) is 4.99 Å². The second-order valence-corrected chi connectivity index (χ2v) is 5.86. The highest BCUT2D eigenvalue weighted by Gasteiger charge is 2.20. The van der Waals surface area contributed by atoms with Gasteiger partial charge in [-0.2, -0.15) is 0 Å². The fraction of sp³-hybridized carbons (Fsp3) is 0.786. The van der Waals surface area contributed by atoms with E-state index in [0.717, 1.165) is 49.6 Å². The molecule has 110 valence electrons.